The van der Waals surface area contributed by atoms with E-state index in [0.29, 0.717) is 29.3 Å². The molecule has 0 spiro atoms. The molecule has 0 bridgehead atoms. The van der Waals surface area contributed by atoms with Gasteiger partial charge >= 0.3 is 0 Å². The molecule has 0 aromatic heterocycles. The van der Waals surface area contributed by atoms with E-state index in [1.165, 1.54) is 19.3 Å². The first-order chi connectivity index (χ1) is 9.43. The highest BCUT2D eigenvalue weighted by molar-refractivity contribution is 5.82. The Bertz CT molecular complexity index is 427. The molecule has 3 aliphatic carbocycles. The van der Waals surface area contributed by atoms with Crippen LogP contribution in [0.1, 0.15) is 65.7 Å². The fourth-order valence-electron chi connectivity index (χ4n) is 5.64. The van der Waals surface area contributed by atoms with E-state index in [1.807, 2.05) is 0 Å². The van der Waals surface area contributed by atoms with Gasteiger partial charge in [0, 0.05) is 18.3 Å². The molecule has 0 N–H and O–H groups in total. The van der Waals surface area contributed by atoms with Crippen LogP contribution in [0.15, 0.2) is 0 Å². The van der Waals surface area contributed by atoms with Gasteiger partial charge in [0.05, 0.1) is 0 Å². The number of carbonyl (C=O) groups excluding carboxylic acids is 2. The third-order valence-corrected chi connectivity index (χ3v) is 7.27. The van der Waals surface area contributed by atoms with E-state index in [-0.39, 0.29) is 5.41 Å². The fourth-order valence-corrected chi connectivity index (χ4v) is 5.64. The summed E-state index contributed by atoms with van der Waals surface area (Å²) < 4.78 is 0. The Morgan fingerprint density at radius 2 is 1.85 bits per heavy atom. The zero-order valence-electron chi connectivity index (χ0n) is 13.2. The van der Waals surface area contributed by atoms with Crippen molar-refractivity contribution in [1.82, 2.24) is 0 Å². The van der Waals surface area contributed by atoms with Crippen molar-refractivity contribution >= 4 is 11.6 Å². The molecule has 20 heavy (non-hydrogen) atoms. The van der Waals surface area contributed by atoms with Crippen molar-refractivity contribution in [3.05, 3.63) is 0 Å². The molecule has 3 saturated carbocycles. The summed E-state index contributed by atoms with van der Waals surface area (Å²) in [5.41, 5.74) is -0.0987. The second kappa shape index (κ2) is 4.96. The number of fused-ring (bicyclic) bond motifs is 3. The number of Topliss-reactive ketones (excluding diaryl/α,β-unsaturated/α-hetero) is 2. The fraction of sp³-hybridized carbons (Fsp3) is 0.889. The highest BCUT2D eigenvalue weighted by Gasteiger charge is 2.52. The molecule has 0 aromatic rings. The Morgan fingerprint density at radius 3 is 2.55 bits per heavy atom. The quantitative estimate of drug-likeness (QED) is 0.725. The number of carbonyl (C=O) groups is 2. The van der Waals surface area contributed by atoms with Crippen molar-refractivity contribution in [2.45, 2.75) is 65.7 Å². The second-order valence-corrected chi connectivity index (χ2v) is 7.91. The summed E-state index contributed by atoms with van der Waals surface area (Å²) in [6.07, 6.45) is 7.49. The predicted octanol–water partition coefficient (Wildman–Crippen LogP) is 4.02. The SMILES string of the molecule is CC(=O)C1(C)CCC2C(CC[C@H]3CC(=O)CCC23)C1C. The average Bonchev–Trinajstić information content (AvgIpc) is 2.42. The summed E-state index contributed by atoms with van der Waals surface area (Å²) in [5, 5.41) is 0. The van der Waals surface area contributed by atoms with Crippen molar-refractivity contribution in [3.8, 4) is 0 Å². The molecule has 6 atom stereocenters. The number of hydrogen-bond acceptors (Lipinski definition) is 2. The zero-order chi connectivity index (χ0) is 14.5. The van der Waals surface area contributed by atoms with Gasteiger partial charge in [-0.15, -0.1) is 0 Å². The Labute approximate surface area is 122 Å². The van der Waals surface area contributed by atoms with Gasteiger partial charge < -0.3 is 0 Å². The van der Waals surface area contributed by atoms with Crippen LogP contribution in [0.3, 0.4) is 0 Å². The van der Waals surface area contributed by atoms with E-state index in [9.17, 15) is 9.59 Å². The van der Waals surface area contributed by atoms with Crippen LogP contribution < -0.4 is 0 Å². The van der Waals surface area contributed by atoms with E-state index in [4.69, 9.17) is 0 Å². The summed E-state index contributed by atoms with van der Waals surface area (Å²) in [7, 11) is 0. The summed E-state index contributed by atoms with van der Waals surface area (Å²) in [6.45, 7) is 6.28. The minimum atomic E-state index is -0.0987. The van der Waals surface area contributed by atoms with Crippen LogP contribution in [-0.4, -0.2) is 11.6 Å². The van der Waals surface area contributed by atoms with Crippen LogP contribution in [0.25, 0.3) is 0 Å². The molecule has 2 heteroatoms. The van der Waals surface area contributed by atoms with Crippen LogP contribution in [0, 0.1) is 35.0 Å². The Hall–Kier alpha value is -0.660. The summed E-state index contributed by atoms with van der Waals surface area (Å²) in [5.74, 6) is 4.30. The Morgan fingerprint density at radius 1 is 1.10 bits per heavy atom. The minimum Gasteiger partial charge on any atom is -0.300 e. The van der Waals surface area contributed by atoms with Crippen LogP contribution >= 0.6 is 0 Å². The molecule has 3 aliphatic rings. The number of rotatable bonds is 1. The second-order valence-electron chi connectivity index (χ2n) is 7.91. The van der Waals surface area contributed by atoms with Gasteiger partial charge in [-0.25, -0.2) is 0 Å². The van der Waals surface area contributed by atoms with E-state index < -0.39 is 0 Å². The maximum atomic E-state index is 12.1. The lowest BCUT2D eigenvalue weighted by molar-refractivity contribution is -0.139. The van der Waals surface area contributed by atoms with Crippen molar-refractivity contribution in [1.29, 1.82) is 0 Å². The minimum absolute atomic E-state index is 0.0987. The van der Waals surface area contributed by atoms with Gasteiger partial charge in [0.2, 0.25) is 0 Å². The standard InChI is InChI=1S/C18H28O2/c1-11-15-6-4-13-10-14(20)5-7-16(13)17(15)8-9-18(11,3)12(2)19/h11,13,15-17H,4-10H2,1-3H3/t11?,13-,15?,16?,17?,18?/m0/s1. The largest absolute Gasteiger partial charge is 0.300 e. The molecule has 3 rings (SSSR count). The molecule has 3 fully saturated rings. The maximum absolute atomic E-state index is 12.1. The molecule has 2 nitrogen and oxygen atoms in total. The van der Waals surface area contributed by atoms with Crippen molar-refractivity contribution in [2.75, 3.05) is 0 Å². The smallest absolute Gasteiger partial charge is 0.135 e. The van der Waals surface area contributed by atoms with Gasteiger partial charge in [-0.05, 0) is 68.6 Å². The molecule has 0 heterocycles. The molecule has 0 aromatic carbocycles. The molecule has 0 amide bonds. The molecule has 0 aliphatic heterocycles. The summed E-state index contributed by atoms with van der Waals surface area (Å²) in [6, 6.07) is 0. The first-order valence-electron chi connectivity index (χ1n) is 8.46. The Balaban J connectivity index is 1.80. The average molecular weight is 276 g/mol. The summed E-state index contributed by atoms with van der Waals surface area (Å²) in [4.78, 5) is 23.8. The van der Waals surface area contributed by atoms with Crippen molar-refractivity contribution in [3.63, 3.8) is 0 Å². The van der Waals surface area contributed by atoms with E-state index in [1.54, 1.807) is 6.92 Å². The van der Waals surface area contributed by atoms with Gasteiger partial charge in [0.25, 0.3) is 0 Å². The molecule has 112 valence electrons. The number of ketones is 2. The topological polar surface area (TPSA) is 34.1 Å². The van der Waals surface area contributed by atoms with Gasteiger partial charge in [-0.1, -0.05) is 13.8 Å². The molecule has 0 saturated heterocycles. The van der Waals surface area contributed by atoms with Gasteiger partial charge in [-0.2, -0.15) is 0 Å². The zero-order valence-corrected chi connectivity index (χ0v) is 13.2. The predicted molar refractivity (Wildman–Crippen MR) is 79.2 cm³/mol. The molecule has 0 radical (unpaired) electrons. The van der Waals surface area contributed by atoms with Crippen molar-refractivity contribution in [2.24, 2.45) is 35.0 Å². The molecule has 5 unspecified atom stereocenters. The van der Waals surface area contributed by atoms with E-state index in [0.717, 1.165) is 37.5 Å². The third kappa shape index (κ3) is 2.07. The van der Waals surface area contributed by atoms with Crippen LogP contribution in [0.2, 0.25) is 0 Å². The van der Waals surface area contributed by atoms with Gasteiger partial charge in [0.1, 0.15) is 11.6 Å². The van der Waals surface area contributed by atoms with Crippen LogP contribution in [-0.2, 0) is 9.59 Å². The van der Waals surface area contributed by atoms with Crippen LogP contribution in [0.5, 0.6) is 0 Å². The van der Waals surface area contributed by atoms with Gasteiger partial charge in [0.15, 0.2) is 0 Å². The molecular weight excluding hydrogens is 248 g/mol. The van der Waals surface area contributed by atoms with E-state index in [2.05, 4.69) is 13.8 Å². The maximum Gasteiger partial charge on any atom is 0.135 e. The van der Waals surface area contributed by atoms with Crippen molar-refractivity contribution < 1.29 is 9.59 Å². The lowest BCUT2D eigenvalue weighted by atomic mass is 9.50. The lowest BCUT2D eigenvalue weighted by Crippen LogP contribution is -2.50. The highest BCUT2D eigenvalue weighted by atomic mass is 16.1. The number of hydrogen-bond donors (Lipinski definition) is 0. The third-order valence-electron chi connectivity index (χ3n) is 7.27. The monoisotopic (exact) mass is 276 g/mol. The van der Waals surface area contributed by atoms with E-state index >= 15 is 0 Å². The lowest BCUT2D eigenvalue weighted by Gasteiger charge is -2.54. The molecular formula is C18H28O2. The highest BCUT2D eigenvalue weighted by Crippen LogP contribution is 2.57. The first kappa shape index (κ1) is 14.3. The van der Waals surface area contributed by atoms with Crippen LogP contribution in [0.4, 0.5) is 0 Å². The first-order valence-corrected chi connectivity index (χ1v) is 8.46. The normalized spacial score (nSPS) is 48.4. The van der Waals surface area contributed by atoms with Gasteiger partial charge in [-0.3, -0.25) is 9.59 Å². The Kier molecular flexibility index (Phi) is 3.54. The summed E-state index contributed by atoms with van der Waals surface area (Å²) >= 11 is 0.